The van der Waals surface area contributed by atoms with Crippen molar-refractivity contribution in [3.63, 3.8) is 0 Å². The number of nitrogens with zero attached hydrogens (tertiary/aromatic N) is 3. The SMILES string of the molecule is COc1ccc(CCNC(O)C2(CCCCCSc3nncn3C)c3ccccc3-c3ccccc32)cc1. The number of nitrogens with one attached hydrogen (secondary N) is 1. The van der Waals surface area contributed by atoms with E-state index in [1.165, 1.54) is 27.8 Å². The number of unbranched alkanes of at least 4 members (excludes halogenated alkanes) is 2. The van der Waals surface area contributed by atoms with Gasteiger partial charge in [-0.1, -0.05) is 85.3 Å². The number of aromatic nitrogens is 3. The number of rotatable bonds is 13. The van der Waals surface area contributed by atoms with Gasteiger partial charge in [0.2, 0.25) is 0 Å². The Morgan fingerprint density at radius 3 is 2.26 bits per heavy atom. The van der Waals surface area contributed by atoms with Crippen LogP contribution in [0.25, 0.3) is 11.1 Å². The highest BCUT2D eigenvalue weighted by Crippen LogP contribution is 2.52. The van der Waals surface area contributed by atoms with Crippen molar-refractivity contribution < 1.29 is 9.84 Å². The molecule has 1 aromatic heterocycles. The summed E-state index contributed by atoms with van der Waals surface area (Å²) in [6.07, 6.45) is 5.97. The third-order valence-electron chi connectivity index (χ3n) is 7.60. The second-order valence-electron chi connectivity index (χ2n) is 9.90. The lowest BCUT2D eigenvalue weighted by atomic mass is 9.72. The second kappa shape index (κ2) is 12.2. The van der Waals surface area contributed by atoms with Gasteiger partial charge in [-0.3, -0.25) is 5.32 Å². The van der Waals surface area contributed by atoms with Crippen molar-refractivity contribution in [2.24, 2.45) is 7.05 Å². The zero-order chi connectivity index (χ0) is 26.4. The predicted octanol–water partition coefficient (Wildman–Crippen LogP) is 5.59. The van der Waals surface area contributed by atoms with Gasteiger partial charge in [-0.25, -0.2) is 0 Å². The summed E-state index contributed by atoms with van der Waals surface area (Å²) in [5.41, 5.74) is 5.64. The fourth-order valence-corrected chi connectivity index (χ4v) is 6.52. The van der Waals surface area contributed by atoms with Gasteiger partial charge in [-0.05, 0) is 59.2 Å². The van der Waals surface area contributed by atoms with Gasteiger partial charge in [0.1, 0.15) is 18.3 Å². The zero-order valence-corrected chi connectivity index (χ0v) is 23.0. The van der Waals surface area contributed by atoms with E-state index in [0.29, 0.717) is 6.54 Å². The molecule has 2 N–H and O–H groups in total. The number of hydrogen-bond donors (Lipinski definition) is 2. The Bertz CT molecular complexity index is 1290. The van der Waals surface area contributed by atoms with Crippen LogP contribution in [0.5, 0.6) is 5.75 Å². The molecule has 0 saturated heterocycles. The number of thioether (sulfide) groups is 1. The lowest BCUT2D eigenvalue weighted by Crippen LogP contribution is -2.49. The van der Waals surface area contributed by atoms with Gasteiger partial charge in [-0.2, -0.15) is 0 Å². The first-order valence-corrected chi connectivity index (χ1v) is 14.3. The standard InChI is InChI=1S/C31H36N4O2S/c1-35-22-33-34-30(35)38-21-9-3-8-19-31(29(36)32-20-18-23-14-16-24(37-2)17-15-23)27-12-6-4-10-25(27)26-11-5-7-13-28(26)31/h4-7,10-17,22,29,32,36H,3,8-9,18-21H2,1-2H3. The fourth-order valence-electron chi connectivity index (χ4n) is 5.63. The molecule has 0 saturated carbocycles. The molecule has 0 fully saturated rings. The topological polar surface area (TPSA) is 72.2 Å². The fraction of sp³-hybridized carbons (Fsp3) is 0.355. The lowest BCUT2D eigenvalue weighted by molar-refractivity contribution is 0.0656. The second-order valence-corrected chi connectivity index (χ2v) is 11.0. The van der Waals surface area contributed by atoms with Gasteiger partial charge in [-0.15, -0.1) is 10.2 Å². The molecular weight excluding hydrogens is 492 g/mol. The van der Waals surface area contributed by atoms with Crippen molar-refractivity contribution in [2.75, 3.05) is 19.4 Å². The molecule has 6 nitrogen and oxygen atoms in total. The molecule has 0 radical (unpaired) electrons. The first kappa shape index (κ1) is 26.5. The highest BCUT2D eigenvalue weighted by molar-refractivity contribution is 7.99. The minimum Gasteiger partial charge on any atom is -0.497 e. The molecule has 1 unspecified atom stereocenters. The van der Waals surface area contributed by atoms with E-state index >= 15 is 0 Å². The lowest BCUT2D eigenvalue weighted by Gasteiger charge is -2.37. The van der Waals surface area contributed by atoms with Crippen LogP contribution in [-0.4, -0.2) is 45.5 Å². The number of aliphatic hydroxyl groups excluding tert-OH is 1. The maximum atomic E-state index is 11.9. The van der Waals surface area contributed by atoms with Crippen LogP contribution in [0.2, 0.25) is 0 Å². The van der Waals surface area contributed by atoms with E-state index in [1.54, 1.807) is 25.2 Å². The molecule has 1 aliphatic rings. The Morgan fingerprint density at radius 2 is 1.63 bits per heavy atom. The third kappa shape index (κ3) is 5.37. The molecule has 0 spiro atoms. The summed E-state index contributed by atoms with van der Waals surface area (Å²) >= 11 is 1.75. The molecule has 0 aliphatic heterocycles. The van der Waals surface area contributed by atoms with Gasteiger partial charge in [0.05, 0.1) is 12.5 Å². The van der Waals surface area contributed by atoms with Crippen molar-refractivity contribution in [3.8, 4) is 16.9 Å². The Hall–Kier alpha value is -3.13. The van der Waals surface area contributed by atoms with E-state index in [1.807, 2.05) is 23.7 Å². The molecule has 198 valence electrons. The van der Waals surface area contributed by atoms with E-state index in [-0.39, 0.29) is 0 Å². The van der Waals surface area contributed by atoms with Gasteiger partial charge in [0.15, 0.2) is 5.16 Å². The van der Waals surface area contributed by atoms with Gasteiger partial charge in [0.25, 0.3) is 0 Å². The summed E-state index contributed by atoms with van der Waals surface area (Å²) in [4.78, 5) is 0. The van der Waals surface area contributed by atoms with Gasteiger partial charge in [0, 0.05) is 19.3 Å². The highest BCUT2D eigenvalue weighted by atomic mass is 32.2. The smallest absolute Gasteiger partial charge is 0.190 e. The van der Waals surface area contributed by atoms with E-state index in [2.05, 4.69) is 76.2 Å². The summed E-state index contributed by atoms with van der Waals surface area (Å²) in [5.74, 6) is 1.87. The molecule has 1 atom stereocenters. The molecule has 4 aromatic rings. The summed E-state index contributed by atoms with van der Waals surface area (Å²) in [7, 11) is 3.66. The Morgan fingerprint density at radius 1 is 0.947 bits per heavy atom. The summed E-state index contributed by atoms with van der Waals surface area (Å²) in [6, 6.07) is 25.3. The summed E-state index contributed by atoms with van der Waals surface area (Å²) in [6.45, 7) is 0.688. The van der Waals surface area contributed by atoms with Crippen molar-refractivity contribution in [1.82, 2.24) is 20.1 Å². The molecule has 1 aliphatic carbocycles. The summed E-state index contributed by atoms with van der Waals surface area (Å²) in [5, 5.41) is 24.4. The maximum absolute atomic E-state index is 11.9. The van der Waals surface area contributed by atoms with Crippen molar-refractivity contribution in [1.29, 1.82) is 0 Å². The van der Waals surface area contributed by atoms with Crippen LogP contribution in [0, 0.1) is 0 Å². The van der Waals surface area contributed by atoms with Crippen LogP contribution >= 0.6 is 11.8 Å². The van der Waals surface area contributed by atoms with Crippen molar-refractivity contribution in [2.45, 2.75) is 48.9 Å². The molecule has 38 heavy (non-hydrogen) atoms. The number of methoxy groups -OCH3 is 1. The van der Waals surface area contributed by atoms with Crippen LogP contribution < -0.4 is 10.1 Å². The Kier molecular flexibility index (Phi) is 8.47. The number of benzene rings is 3. The van der Waals surface area contributed by atoms with E-state index < -0.39 is 11.6 Å². The van der Waals surface area contributed by atoms with E-state index in [0.717, 1.165) is 48.8 Å². The van der Waals surface area contributed by atoms with Crippen LogP contribution in [0.15, 0.2) is 84.3 Å². The normalized spacial score (nSPS) is 14.2. The first-order valence-electron chi connectivity index (χ1n) is 13.3. The third-order valence-corrected chi connectivity index (χ3v) is 8.72. The van der Waals surface area contributed by atoms with Crippen LogP contribution in [0.4, 0.5) is 0 Å². The molecule has 1 heterocycles. The largest absolute Gasteiger partial charge is 0.497 e. The first-order chi connectivity index (χ1) is 18.6. The average Bonchev–Trinajstić information content (AvgIpc) is 3.50. The van der Waals surface area contributed by atoms with Gasteiger partial charge < -0.3 is 14.4 Å². The summed E-state index contributed by atoms with van der Waals surface area (Å²) < 4.78 is 7.24. The minimum atomic E-state index is -0.696. The van der Waals surface area contributed by atoms with Crippen LogP contribution in [0.3, 0.4) is 0 Å². The van der Waals surface area contributed by atoms with E-state index in [4.69, 9.17) is 4.74 Å². The highest BCUT2D eigenvalue weighted by Gasteiger charge is 2.47. The number of aryl methyl sites for hydroxylation is 1. The quantitative estimate of drug-likeness (QED) is 0.134. The molecule has 3 aromatic carbocycles. The molecule has 7 heteroatoms. The van der Waals surface area contributed by atoms with Crippen LogP contribution in [0.1, 0.15) is 42.4 Å². The number of ether oxygens (including phenoxy) is 1. The van der Waals surface area contributed by atoms with Gasteiger partial charge >= 0.3 is 0 Å². The average molecular weight is 529 g/mol. The van der Waals surface area contributed by atoms with Crippen molar-refractivity contribution >= 4 is 11.8 Å². The zero-order valence-electron chi connectivity index (χ0n) is 22.1. The number of hydrogen-bond acceptors (Lipinski definition) is 6. The Balaban J connectivity index is 1.30. The predicted molar refractivity (Wildman–Crippen MR) is 154 cm³/mol. The number of fused-ring (bicyclic) bond motifs is 3. The molecule has 0 amide bonds. The monoisotopic (exact) mass is 528 g/mol. The molecular formula is C31H36N4O2S. The van der Waals surface area contributed by atoms with E-state index in [9.17, 15) is 5.11 Å². The van der Waals surface area contributed by atoms with Crippen molar-refractivity contribution in [3.05, 3.63) is 95.8 Å². The molecule has 0 bridgehead atoms. The minimum absolute atomic E-state index is 0.482. The molecule has 5 rings (SSSR count). The van der Waals surface area contributed by atoms with Crippen LogP contribution in [-0.2, 0) is 18.9 Å². The number of aliphatic hydroxyl groups is 1. The maximum Gasteiger partial charge on any atom is 0.190 e. The Labute approximate surface area is 229 Å².